The number of ether oxygens (including phenoxy) is 1. The molecule has 170 valence electrons. The molecule has 1 amide bonds. The minimum absolute atomic E-state index is 0.00927. The fourth-order valence-electron chi connectivity index (χ4n) is 4.52. The van der Waals surface area contributed by atoms with Crippen LogP contribution in [-0.2, 0) is 4.79 Å². The smallest absolute Gasteiger partial charge is 0.262 e. The predicted molar refractivity (Wildman–Crippen MR) is 126 cm³/mol. The maximum absolute atomic E-state index is 13.0. The molecule has 3 heterocycles. The largest absolute Gasteiger partial charge is 0.482 e. The van der Waals surface area contributed by atoms with E-state index in [1.54, 1.807) is 30.6 Å². The van der Waals surface area contributed by atoms with E-state index in [9.17, 15) is 9.59 Å². The molecule has 1 fully saturated rings. The van der Waals surface area contributed by atoms with Crippen molar-refractivity contribution in [3.8, 4) is 17.1 Å². The lowest BCUT2D eigenvalue weighted by atomic mass is 9.85. The molecule has 0 radical (unpaired) electrons. The fraction of sp³-hybridized carbons (Fsp3) is 0.375. The first-order valence-electron chi connectivity index (χ1n) is 11.2. The van der Waals surface area contributed by atoms with Gasteiger partial charge in [0.15, 0.2) is 23.4 Å². The molecule has 1 aromatic carbocycles. The van der Waals surface area contributed by atoms with Crippen LogP contribution in [0.15, 0.2) is 47.9 Å². The summed E-state index contributed by atoms with van der Waals surface area (Å²) in [6.07, 6.45) is 8.19. The number of benzene rings is 1. The van der Waals surface area contributed by atoms with Crippen LogP contribution in [0.1, 0.15) is 49.0 Å². The second-order valence-electron chi connectivity index (χ2n) is 8.51. The second kappa shape index (κ2) is 9.35. The molecule has 3 aromatic rings. The highest BCUT2D eigenvalue weighted by Gasteiger charge is 2.29. The van der Waals surface area contributed by atoms with Gasteiger partial charge in [-0.2, -0.15) is 0 Å². The van der Waals surface area contributed by atoms with Crippen molar-refractivity contribution in [2.24, 2.45) is 5.92 Å². The molecule has 0 bridgehead atoms. The van der Waals surface area contributed by atoms with Gasteiger partial charge in [-0.15, -0.1) is 10.2 Å². The van der Waals surface area contributed by atoms with Crippen LogP contribution in [0.2, 0.25) is 0 Å². The number of rotatable bonds is 6. The Morgan fingerprint density at radius 2 is 2.12 bits per heavy atom. The van der Waals surface area contributed by atoms with Crippen molar-refractivity contribution in [3.05, 3.63) is 48.3 Å². The van der Waals surface area contributed by atoms with Gasteiger partial charge in [0.2, 0.25) is 0 Å². The van der Waals surface area contributed by atoms with E-state index in [-0.39, 0.29) is 30.1 Å². The molecule has 2 atom stereocenters. The van der Waals surface area contributed by atoms with Crippen LogP contribution in [0.3, 0.4) is 0 Å². The molecule has 33 heavy (non-hydrogen) atoms. The van der Waals surface area contributed by atoms with E-state index in [2.05, 4.69) is 32.0 Å². The molecule has 2 aliphatic rings. The standard InChI is InChI=1S/C24H25N5O3S/c1-15-5-2-3-7-19(15)29-23(17-6-4-10-25-12-17)27-28-24(29)33-14-20(30)16-8-9-21-18(11-16)26-22(31)13-32-21/h4,6,8-12,15,19H,2-3,5,7,13-14H2,1H3,(H,26,31)/t15-,19-/m1/s1. The summed E-state index contributed by atoms with van der Waals surface area (Å²) in [6, 6.07) is 9.30. The average molecular weight is 464 g/mol. The van der Waals surface area contributed by atoms with Crippen LogP contribution in [0.5, 0.6) is 5.75 Å². The lowest BCUT2D eigenvalue weighted by molar-refractivity contribution is -0.118. The van der Waals surface area contributed by atoms with Crippen LogP contribution < -0.4 is 10.1 Å². The lowest BCUT2D eigenvalue weighted by Crippen LogP contribution is -2.25. The van der Waals surface area contributed by atoms with Crippen molar-refractivity contribution in [3.63, 3.8) is 0 Å². The molecular weight excluding hydrogens is 438 g/mol. The number of nitrogens with one attached hydrogen (secondary N) is 1. The topological polar surface area (TPSA) is 99.0 Å². The van der Waals surface area contributed by atoms with Crippen molar-refractivity contribution in [1.82, 2.24) is 19.7 Å². The molecule has 1 aliphatic heterocycles. The van der Waals surface area contributed by atoms with E-state index in [0.717, 1.165) is 23.0 Å². The number of fused-ring (bicyclic) bond motifs is 1. The highest BCUT2D eigenvalue weighted by Crippen LogP contribution is 2.39. The van der Waals surface area contributed by atoms with E-state index in [4.69, 9.17) is 4.74 Å². The van der Waals surface area contributed by atoms with E-state index >= 15 is 0 Å². The molecule has 0 saturated heterocycles. The molecule has 0 spiro atoms. The number of hydrogen-bond donors (Lipinski definition) is 1. The van der Waals surface area contributed by atoms with E-state index < -0.39 is 0 Å². The Morgan fingerprint density at radius 3 is 2.94 bits per heavy atom. The summed E-state index contributed by atoms with van der Waals surface area (Å²) in [7, 11) is 0. The number of nitrogens with zero attached hydrogens (tertiary/aromatic N) is 4. The van der Waals surface area contributed by atoms with Crippen molar-refractivity contribution >= 4 is 29.1 Å². The summed E-state index contributed by atoms with van der Waals surface area (Å²) in [6.45, 7) is 2.27. The zero-order valence-corrected chi connectivity index (χ0v) is 19.2. The molecule has 1 aliphatic carbocycles. The van der Waals surface area contributed by atoms with Gasteiger partial charge in [0.05, 0.1) is 11.4 Å². The van der Waals surface area contributed by atoms with Gasteiger partial charge in [0, 0.05) is 29.6 Å². The number of pyridine rings is 1. The molecule has 0 unspecified atom stereocenters. The first kappa shape index (κ1) is 21.6. The zero-order chi connectivity index (χ0) is 22.8. The van der Waals surface area contributed by atoms with Crippen LogP contribution in [0, 0.1) is 5.92 Å². The van der Waals surface area contributed by atoms with E-state index in [1.807, 2.05) is 12.1 Å². The SMILES string of the molecule is C[C@@H]1CCCC[C@H]1n1c(SCC(=O)c2ccc3c(c2)NC(=O)CO3)nnc1-c1cccnc1. The predicted octanol–water partition coefficient (Wildman–Crippen LogP) is 4.40. The van der Waals surface area contributed by atoms with E-state index in [0.29, 0.717) is 22.9 Å². The van der Waals surface area contributed by atoms with Crippen LogP contribution in [0.25, 0.3) is 11.4 Å². The normalized spacial score (nSPS) is 20.0. The van der Waals surface area contributed by atoms with Gasteiger partial charge < -0.3 is 10.1 Å². The van der Waals surface area contributed by atoms with Gasteiger partial charge in [0.25, 0.3) is 5.91 Å². The van der Waals surface area contributed by atoms with Gasteiger partial charge in [-0.3, -0.25) is 19.1 Å². The monoisotopic (exact) mass is 463 g/mol. The third-order valence-corrected chi connectivity index (χ3v) is 7.19. The van der Waals surface area contributed by atoms with Crippen LogP contribution in [0.4, 0.5) is 5.69 Å². The van der Waals surface area contributed by atoms with Gasteiger partial charge in [0.1, 0.15) is 5.75 Å². The van der Waals surface area contributed by atoms with Gasteiger partial charge in [-0.05, 0) is 49.1 Å². The average Bonchev–Trinajstić information content (AvgIpc) is 3.26. The number of hydrogen-bond acceptors (Lipinski definition) is 7. The second-order valence-corrected chi connectivity index (χ2v) is 9.45. The molecular formula is C24H25N5O3S. The number of Topliss-reactive ketones (excluding diaryl/α,β-unsaturated/α-hetero) is 1. The van der Waals surface area contributed by atoms with Crippen molar-refractivity contribution in [1.29, 1.82) is 0 Å². The zero-order valence-electron chi connectivity index (χ0n) is 18.4. The molecule has 1 saturated carbocycles. The molecule has 1 N–H and O–H groups in total. The summed E-state index contributed by atoms with van der Waals surface area (Å²) < 4.78 is 7.59. The third-order valence-electron chi connectivity index (χ3n) is 6.25. The van der Waals surface area contributed by atoms with Crippen LogP contribution in [-0.4, -0.2) is 43.8 Å². The lowest BCUT2D eigenvalue weighted by Gasteiger charge is -2.31. The van der Waals surface area contributed by atoms with E-state index in [1.165, 1.54) is 31.0 Å². The Balaban J connectivity index is 1.39. The Bertz CT molecular complexity index is 1180. The molecule has 8 nitrogen and oxygen atoms in total. The maximum atomic E-state index is 13.0. The molecule has 9 heteroatoms. The number of aromatic nitrogens is 4. The summed E-state index contributed by atoms with van der Waals surface area (Å²) in [4.78, 5) is 28.8. The molecule has 2 aromatic heterocycles. The van der Waals surface area contributed by atoms with Crippen LogP contribution >= 0.6 is 11.8 Å². The van der Waals surface area contributed by atoms with Gasteiger partial charge in [-0.1, -0.05) is 31.5 Å². The summed E-state index contributed by atoms with van der Waals surface area (Å²) >= 11 is 1.40. The van der Waals surface area contributed by atoms with Gasteiger partial charge >= 0.3 is 0 Å². The maximum Gasteiger partial charge on any atom is 0.262 e. The number of carbonyl (C=O) groups is 2. The Kier molecular flexibility index (Phi) is 6.13. The quantitative estimate of drug-likeness (QED) is 0.427. The highest BCUT2D eigenvalue weighted by molar-refractivity contribution is 7.99. The summed E-state index contributed by atoms with van der Waals surface area (Å²) in [5.41, 5.74) is 1.98. The Hall–Kier alpha value is -3.20. The molecule has 5 rings (SSSR count). The number of amides is 1. The minimum Gasteiger partial charge on any atom is -0.482 e. The Morgan fingerprint density at radius 1 is 1.24 bits per heavy atom. The number of ketones is 1. The summed E-state index contributed by atoms with van der Waals surface area (Å²) in [5.74, 6) is 1.83. The fourth-order valence-corrected chi connectivity index (χ4v) is 5.40. The number of carbonyl (C=O) groups excluding carboxylic acids is 2. The minimum atomic E-state index is -0.223. The first-order valence-corrected chi connectivity index (χ1v) is 12.2. The first-order chi connectivity index (χ1) is 16.1. The van der Waals surface area contributed by atoms with Gasteiger partial charge in [-0.25, -0.2) is 0 Å². The summed E-state index contributed by atoms with van der Waals surface area (Å²) in [5, 5.41) is 12.5. The Labute approximate surface area is 196 Å². The number of anilines is 1. The van der Waals surface area contributed by atoms with Crippen molar-refractivity contribution in [2.45, 2.75) is 43.8 Å². The number of thioether (sulfide) groups is 1. The van der Waals surface area contributed by atoms with Crippen molar-refractivity contribution < 1.29 is 14.3 Å². The van der Waals surface area contributed by atoms with Crippen molar-refractivity contribution in [2.75, 3.05) is 17.7 Å². The highest BCUT2D eigenvalue weighted by atomic mass is 32.2. The third kappa shape index (κ3) is 4.50.